The number of hydrogen-bond donors (Lipinski definition) is 2. The van der Waals surface area contributed by atoms with Crippen molar-refractivity contribution < 1.29 is 19.4 Å². The van der Waals surface area contributed by atoms with Crippen molar-refractivity contribution in [2.45, 2.75) is 13.5 Å². The van der Waals surface area contributed by atoms with Gasteiger partial charge in [0.1, 0.15) is 12.4 Å². The summed E-state index contributed by atoms with van der Waals surface area (Å²) in [7, 11) is 1.48. The zero-order chi connectivity index (χ0) is 20.6. The van der Waals surface area contributed by atoms with E-state index >= 15 is 0 Å². The van der Waals surface area contributed by atoms with Gasteiger partial charge in [0.15, 0.2) is 11.5 Å². The number of ether oxygens (including phenoxy) is 2. The molecule has 0 spiro atoms. The molecule has 0 aliphatic rings. The van der Waals surface area contributed by atoms with Gasteiger partial charge >= 0.3 is 0 Å². The van der Waals surface area contributed by atoms with E-state index in [-0.39, 0.29) is 11.7 Å². The van der Waals surface area contributed by atoms with E-state index in [1.807, 2.05) is 55.5 Å². The van der Waals surface area contributed by atoms with Crippen LogP contribution in [0.4, 0.5) is 5.69 Å². The van der Waals surface area contributed by atoms with E-state index in [0.29, 0.717) is 23.6 Å². The lowest BCUT2D eigenvalue weighted by Crippen LogP contribution is -2.10. The number of carbonyl (C=O) groups excluding carboxylic acids is 1. The molecular formula is C24H23NO4. The van der Waals surface area contributed by atoms with Gasteiger partial charge in [-0.25, -0.2) is 0 Å². The Bertz CT molecular complexity index is 1010. The summed E-state index contributed by atoms with van der Waals surface area (Å²) in [6.07, 6.45) is 3.04. The molecular weight excluding hydrogens is 366 g/mol. The highest BCUT2D eigenvalue weighted by Crippen LogP contribution is 2.26. The summed E-state index contributed by atoms with van der Waals surface area (Å²) in [5.74, 6) is 0.904. The van der Waals surface area contributed by atoms with Crippen molar-refractivity contribution in [3.05, 3.63) is 89.5 Å². The van der Waals surface area contributed by atoms with Gasteiger partial charge in [-0.15, -0.1) is 0 Å². The quantitative estimate of drug-likeness (QED) is 0.562. The highest BCUT2D eigenvalue weighted by atomic mass is 16.5. The summed E-state index contributed by atoms with van der Waals surface area (Å²) in [6, 6.07) is 20.3. The molecule has 1 amide bonds. The second-order valence-electron chi connectivity index (χ2n) is 6.51. The number of nitrogens with one attached hydrogen (secondary N) is 1. The number of methoxy groups -OCH3 is 1. The first kappa shape index (κ1) is 20.0. The van der Waals surface area contributed by atoms with Crippen molar-refractivity contribution in [2.75, 3.05) is 12.4 Å². The molecule has 0 heterocycles. The fourth-order valence-corrected chi connectivity index (χ4v) is 2.72. The monoisotopic (exact) mass is 389 g/mol. The fourth-order valence-electron chi connectivity index (χ4n) is 2.72. The van der Waals surface area contributed by atoms with E-state index in [2.05, 4.69) is 5.32 Å². The Morgan fingerprint density at radius 2 is 1.83 bits per heavy atom. The standard InChI is InChI=1S/C24H23NO4/c1-17-7-11-20(12-8-17)29-16-19-5-3-4-6-21(19)25-24(27)14-10-18-9-13-23(28-2)22(26)15-18/h3-15,26H,16H2,1-2H3,(H,25,27)/b14-10+. The smallest absolute Gasteiger partial charge is 0.248 e. The van der Waals surface area contributed by atoms with Gasteiger partial charge in [0.25, 0.3) is 0 Å². The average Bonchev–Trinajstić information content (AvgIpc) is 2.73. The molecule has 0 unspecified atom stereocenters. The number of aryl methyl sites for hydroxylation is 1. The first-order valence-corrected chi connectivity index (χ1v) is 9.18. The molecule has 29 heavy (non-hydrogen) atoms. The summed E-state index contributed by atoms with van der Waals surface area (Å²) < 4.78 is 10.8. The van der Waals surface area contributed by atoms with Gasteiger partial charge in [0.05, 0.1) is 7.11 Å². The average molecular weight is 389 g/mol. The molecule has 3 aromatic carbocycles. The van der Waals surface area contributed by atoms with E-state index in [9.17, 15) is 9.90 Å². The van der Waals surface area contributed by atoms with E-state index in [1.54, 1.807) is 18.2 Å². The fraction of sp³-hybridized carbons (Fsp3) is 0.125. The third kappa shape index (κ3) is 5.62. The van der Waals surface area contributed by atoms with Crippen LogP contribution in [0.1, 0.15) is 16.7 Å². The minimum absolute atomic E-state index is 0.0219. The van der Waals surface area contributed by atoms with Gasteiger partial charge in [-0.05, 0) is 48.9 Å². The lowest BCUT2D eigenvalue weighted by atomic mass is 10.1. The lowest BCUT2D eigenvalue weighted by molar-refractivity contribution is -0.111. The molecule has 0 aliphatic carbocycles. The number of para-hydroxylation sites is 1. The van der Waals surface area contributed by atoms with Crippen LogP contribution >= 0.6 is 0 Å². The van der Waals surface area contributed by atoms with Crippen LogP contribution in [-0.2, 0) is 11.4 Å². The number of benzene rings is 3. The highest BCUT2D eigenvalue weighted by molar-refractivity contribution is 6.02. The van der Waals surface area contributed by atoms with E-state index in [4.69, 9.17) is 9.47 Å². The molecule has 0 saturated carbocycles. The Labute approximate surface area is 170 Å². The Morgan fingerprint density at radius 3 is 2.55 bits per heavy atom. The summed E-state index contributed by atoms with van der Waals surface area (Å²) in [5.41, 5.74) is 3.42. The maximum absolute atomic E-state index is 12.3. The van der Waals surface area contributed by atoms with Crippen LogP contribution in [0.5, 0.6) is 17.2 Å². The van der Waals surface area contributed by atoms with E-state index < -0.39 is 0 Å². The maximum Gasteiger partial charge on any atom is 0.248 e. The SMILES string of the molecule is COc1ccc(/C=C/C(=O)Nc2ccccc2COc2ccc(C)cc2)cc1O. The molecule has 2 N–H and O–H groups in total. The Balaban J connectivity index is 1.64. The first-order chi connectivity index (χ1) is 14.0. The third-order valence-electron chi connectivity index (χ3n) is 4.32. The predicted octanol–water partition coefficient (Wildman–Crippen LogP) is 4.94. The van der Waals surface area contributed by atoms with E-state index in [0.717, 1.165) is 11.3 Å². The molecule has 0 aromatic heterocycles. The van der Waals surface area contributed by atoms with Gasteiger partial charge in [0.2, 0.25) is 5.91 Å². The molecule has 148 valence electrons. The van der Waals surface area contributed by atoms with Crippen molar-refractivity contribution >= 4 is 17.7 Å². The normalized spacial score (nSPS) is 10.7. The van der Waals surface area contributed by atoms with Crippen molar-refractivity contribution in [2.24, 2.45) is 0 Å². The van der Waals surface area contributed by atoms with Crippen molar-refractivity contribution in [1.29, 1.82) is 0 Å². The largest absolute Gasteiger partial charge is 0.504 e. The summed E-state index contributed by atoms with van der Waals surface area (Å²) >= 11 is 0. The lowest BCUT2D eigenvalue weighted by Gasteiger charge is -2.11. The minimum atomic E-state index is -0.275. The topological polar surface area (TPSA) is 67.8 Å². The number of hydrogen-bond acceptors (Lipinski definition) is 4. The Morgan fingerprint density at radius 1 is 1.07 bits per heavy atom. The molecule has 3 rings (SSSR count). The number of amides is 1. The van der Waals surface area contributed by atoms with Gasteiger partial charge in [-0.2, -0.15) is 0 Å². The molecule has 0 radical (unpaired) electrons. The molecule has 0 atom stereocenters. The van der Waals surface area contributed by atoms with Gasteiger partial charge < -0.3 is 19.9 Å². The third-order valence-corrected chi connectivity index (χ3v) is 4.32. The number of phenols is 1. The van der Waals surface area contributed by atoms with Crippen LogP contribution in [-0.4, -0.2) is 18.1 Å². The van der Waals surface area contributed by atoms with Crippen LogP contribution in [0.15, 0.2) is 72.8 Å². The van der Waals surface area contributed by atoms with E-state index in [1.165, 1.54) is 24.8 Å². The zero-order valence-electron chi connectivity index (χ0n) is 16.4. The number of phenolic OH excluding ortho intramolecular Hbond substituents is 1. The Kier molecular flexibility index (Phi) is 6.53. The molecule has 3 aromatic rings. The molecule has 5 nitrogen and oxygen atoms in total. The molecule has 5 heteroatoms. The van der Waals surface area contributed by atoms with Crippen LogP contribution in [0.25, 0.3) is 6.08 Å². The number of anilines is 1. The first-order valence-electron chi connectivity index (χ1n) is 9.18. The van der Waals surface area contributed by atoms with Crippen LogP contribution in [0.2, 0.25) is 0 Å². The van der Waals surface area contributed by atoms with Crippen LogP contribution in [0, 0.1) is 6.92 Å². The number of carbonyl (C=O) groups is 1. The minimum Gasteiger partial charge on any atom is -0.504 e. The second-order valence-corrected chi connectivity index (χ2v) is 6.51. The van der Waals surface area contributed by atoms with Crippen molar-refractivity contribution in [1.82, 2.24) is 0 Å². The number of rotatable bonds is 7. The zero-order valence-corrected chi connectivity index (χ0v) is 16.4. The highest BCUT2D eigenvalue weighted by Gasteiger charge is 2.06. The van der Waals surface area contributed by atoms with Gasteiger partial charge in [0, 0.05) is 17.3 Å². The van der Waals surface area contributed by atoms with Crippen LogP contribution < -0.4 is 14.8 Å². The molecule has 0 saturated heterocycles. The summed E-state index contributed by atoms with van der Waals surface area (Å²) in [6.45, 7) is 2.37. The molecule has 0 bridgehead atoms. The molecule has 0 fully saturated rings. The van der Waals surface area contributed by atoms with Crippen molar-refractivity contribution in [3.8, 4) is 17.2 Å². The molecule has 0 aliphatic heterocycles. The Hall–Kier alpha value is -3.73. The second kappa shape index (κ2) is 9.46. The summed E-state index contributed by atoms with van der Waals surface area (Å²) in [4.78, 5) is 12.3. The van der Waals surface area contributed by atoms with Gasteiger partial charge in [-0.1, -0.05) is 42.0 Å². The predicted molar refractivity (Wildman–Crippen MR) is 114 cm³/mol. The summed E-state index contributed by atoms with van der Waals surface area (Å²) in [5, 5.41) is 12.7. The van der Waals surface area contributed by atoms with Crippen LogP contribution in [0.3, 0.4) is 0 Å². The number of aromatic hydroxyl groups is 1. The van der Waals surface area contributed by atoms with Crippen molar-refractivity contribution in [3.63, 3.8) is 0 Å². The maximum atomic E-state index is 12.3. The van der Waals surface area contributed by atoms with Gasteiger partial charge in [-0.3, -0.25) is 4.79 Å².